The standard InChI is InChI=1S/C14H19N3O3S/c1-8-11(12(21-3)16-9(2)15-8)13(18)17-7-5-4-6-10(17)14(19)20/h10H,4-7H2,1-3H3,(H,19,20). The molecule has 1 atom stereocenters. The number of amides is 1. The number of aryl methyl sites for hydroxylation is 2. The molecule has 2 heterocycles. The summed E-state index contributed by atoms with van der Waals surface area (Å²) in [6, 6.07) is -0.748. The third-order valence-corrected chi connectivity index (χ3v) is 4.31. The Hall–Kier alpha value is -1.63. The van der Waals surface area contributed by atoms with Gasteiger partial charge in [0.25, 0.3) is 5.91 Å². The van der Waals surface area contributed by atoms with Crippen LogP contribution in [0.1, 0.15) is 41.1 Å². The fourth-order valence-electron chi connectivity index (χ4n) is 2.65. The molecule has 1 unspecified atom stereocenters. The van der Waals surface area contributed by atoms with E-state index in [4.69, 9.17) is 0 Å². The summed E-state index contributed by atoms with van der Waals surface area (Å²) in [5, 5.41) is 9.92. The van der Waals surface area contributed by atoms with Gasteiger partial charge in [-0.1, -0.05) is 0 Å². The van der Waals surface area contributed by atoms with Crippen molar-refractivity contribution in [1.82, 2.24) is 14.9 Å². The first-order valence-corrected chi connectivity index (χ1v) is 8.11. The zero-order valence-corrected chi connectivity index (χ0v) is 13.2. The fraction of sp³-hybridized carbons (Fsp3) is 0.571. The van der Waals surface area contributed by atoms with Gasteiger partial charge < -0.3 is 10.0 Å². The normalized spacial score (nSPS) is 18.6. The summed E-state index contributed by atoms with van der Waals surface area (Å²) < 4.78 is 0. The largest absolute Gasteiger partial charge is 0.480 e. The van der Waals surface area contributed by atoms with Gasteiger partial charge in [-0.25, -0.2) is 14.8 Å². The summed E-state index contributed by atoms with van der Waals surface area (Å²) in [6.07, 6.45) is 4.01. The van der Waals surface area contributed by atoms with Crippen molar-refractivity contribution in [2.75, 3.05) is 12.8 Å². The molecule has 1 aromatic rings. The molecule has 1 aromatic heterocycles. The molecule has 0 bridgehead atoms. The van der Waals surface area contributed by atoms with Crippen LogP contribution in [0, 0.1) is 13.8 Å². The number of carboxylic acid groups (broad SMARTS) is 1. The zero-order valence-electron chi connectivity index (χ0n) is 12.4. The number of nitrogens with zero attached hydrogens (tertiary/aromatic N) is 3. The van der Waals surface area contributed by atoms with Crippen molar-refractivity contribution in [1.29, 1.82) is 0 Å². The van der Waals surface area contributed by atoms with Gasteiger partial charge in [-0.05, 0) is 39.4 Å². The Labute approximate surface area is 128 Å². The SMILES string of the molecule is CSc1nc(C)nc(C)c1C(=O)N1CCCCC1C(=O)O. The molecule has 2 rings (SSSR count). The van der Waals surface area contributed by atoms with Crippen LogP contribution in [0.2, 0.25) is 0 Å². The number of carboxylic acids is 1. The van der Waals surface area contributed by atoms with Gasteiger partial charge in [0.15, 0.2) is 0 Å². The predicted molar refractivity (Wildman–Crippen MR) is 79.6 cm³/mol. The molecule has 0 radical (unpaired) electrons. The first-order valence-electron chi connectivity index (χ1n) is 6.88. The highest BCUT2D eigenvalue weighted by atomic mass is 32.2. The van der Waals surface area contributed by atoms with Crippen molar-refractivity contribution in [3.05, 3.63) is 17.1 Å². The summed E-state index contributed by atoms with van der Waals surface area (Å²) in [5.74, 6) is -0.606. The number of piperidine rings is 1. The van der Waals surface area contributed by atoms with Crippen molar-refractivity contribution in [3.63, 3.8) is 0 Å². The molecule has 6 nitrogen and oxygen atoms in total. The maximum atomic E-state index is 12.8. The van der Waals surface area contributed by atoms with E-state index in [1.165, 1.54) is 16.7 Å². The third-order valence-electron chi connectivity index (χ3n) is 3.62. The van der Waals surface area contributed by atoms with Crippen LogP contribution in [-0.2, 0) is 4.79 Å². The second-order valence-electron chi connectivity index (χ2n) is 5.09. The van der Waals surface area contributed by atoms with Crippen LogP contribution >= 0.6 is 11.8 Å². The van der Waals surface area contributed by atoms with Crippen molar-refractivity contribution in [3.8, 4) is 0 Å². The molecule has 1 N–H and O–H groups in total. The number of hydrogen-bond acceptors (Lipinski definition) is 5. The lowest BCUT2D eigenvalue weighted by atomic mass is 10.0. The van der Waals surface area contributed by atoms with Gasteiger partial charge in [-0.15, -0.1) is 11.8 Å². The Morgan fingerprint density at radius 3 is 2.62 bits per heavy atom. The summed E-state index contributed by atoms with van der Waals surface area (Å²) in [7, 11) is 0. The predicted octanol–water partition coefficient (Wildman–Crippen LogP) is 1.89. The summed E-state index contributed by atoms with van der Waals surface area (Å²) in [5.41, 5.74) is 1.04. The zero-order chi connectivity index (χ0) is 15.6. The number of hydrogen-bond donors (Lipinski definition) is 1. The lowest BCUT2D eigenvalue weighted by molar-refractivity contribution is -0.143. The number of carbonyl (C=O) groups is 2. The molecule has 21 heavy (non-hydrogen) atoms. The smallest absolute Gasteiger partial charge is 0.326 e. The molecule has 0 saturated carbocycles. The minimum Gasteiger partial charge on any atom is -0.480 e. The minimum absolute atomic E-state index is 0.274. The van der Waals surface area contributed by atoms with Crippen molar-refractivity contribution in [2.45, 2.75) is 44.2 Å². The molecule has 0 spiro atoms. The highest BCUT2D eigenvalue weighted by Gasteiger charge is 2.34. The molecule has 1 amide bonds. The van der Waals surface area contributed by atoms with Crippen LogP contribution in [0.3, 0.4) is 0 Å². The van der Waals surface area contributed by atoms with Crippen LogP contribution < -0.4 is 0 Å². The fourth-order valence-corrected chi connectivity index (χ4v) is 3.31. The van der Waals surface area contributed by atoms with Gasteiger partial charge in [-0.2, -0.15) is 0 Å². The van der Waals surface area contributed by atoms with Crippen LogP contribution in [0.5, 0.6) is 0 Å². The Morgan fingerprint density at radius 1 is 1.29 bits per heavy atom. The first kappa shape index (κ1) is 15.8. The van der Waals surface area contributed by atoms with Crippen molar-refractivity contribution >= 4 is 23.6 Å². The molecule has 1 aliphatic rings. The van der Waals surface area contributed by atoms with E-state index in [1.807, 2.05) is 6.26 Å². The molecule has 1 fully saturated rings. The number of carbonyl (C=O) groups excluding carboxylic acids is 1. The molecule has 7 heteroatoms. The number of aliphatic carboxylic acids is 1. The number of thioether (sulfide) groups is 1. The van der Waals surface area contributed by atoms with Gasteiger partial charge in [0, 0.05) is 6.54 Å². The van der Waals surface area contributed by atoms with E-state index in [0.717, 1.165) is 12.8 Å². The van der Waals surface area contributed by atoms with E-state index in [-0.39, 0.29) is 5.91 Å². The number of likely N-dealkylation sites (tertiary alicyclic amines) is 1. The maximum absolute atomic E-state index is 12.8. The Kier molecular flexibility index (Phi) is 4.82. The van der Waals surface area contributed by atoms with Crippen LogP contribution in [0.4, 0.5) is 0 Å². The van der Waals surface area contributed by atoms with Gasteiger partial charge in [0.1, 0.15) is 16.9 Å². The second kappa shape index (κ2) is 6.43. The van der Waals surface area contributed by atoms with E-state index >= 15 is 0 Å². The Balaban J connectivity index is 2.41. The molecule has 1 aliphatic heterocycles. The van der Waals surface area contributed by atoms with Gasteiger partial charge >= 0.3 is 5.97 Å². The minimum atomic E-state index is -0.945. The van der Waals surface area contributed by atoms with E-state index in [1.54, 1.807) is 13.8 Å². The van der Waals surface area contributed by atoms with Gasteiger partial charge in [0.2, 0.25) is 0 Å². The topological polar surface area (TPSA) is 83.4 Å². The van der Waals surface area contributed by atoms with Crippen molar-refractivity contribution < 1.29 is 14.7 Å². The quantitative estimate of drug-likeness (QED) is 0.678. The molecular weight excluding hydrogens is 290 g/mol. The van der Waals surface area contributed by atoms with E-state index in [9.17, 15) is 14.7 Å². The monoisotopic (exact) mass is 309 g/mol. The average molecular weight is 309 g/mol. The van der Waals surface area contributed by atoms with Crippen LogP contribution in [0.25, 0.3) is 0 Å². The Morgan fingerprint density at radius 2 is 2.00 bits per heavy atom. The Bertz CT molecular complexity index is 577. The molecule has 1 saturated heterocycles. The summed E-state index contributed by atoms with van der Waals surface area (Å²) in [6.45, 7) is 4.01. The molecular formula is C14H19N3O3S. The summed E-state index contributed by atoms with van der Waals surface area (Å²) in [4.78, 5) is 34.2. The van der Waals surface area contributed by atoms with Crippen molar-refractivity contribution in [2.24, 2.45) is 0 Å². The number of rotatable bonds is 3. The van der Waals surface area contributed by atoms with Crippen LogP contribution in [-0.4, -0.2) is 50.7 Å². The van der Waals surface area contributed by atoms with Gasteiger partial charge in [-0.3, -0.25) is 4.79 Å². The van der Waals surface area contributed by atoms with Crippen LogP contribution in [0.15, 0.2) is 5.03 Å². The van der Waals surface area contributed by atoms with E-state index < -0.39 is 12.0 Å². The summed E-state index contributed by atoms with van der Waals surface area (Å²) >= 11 is 1.38. The lowest BCUT2D eigenvalue weighted by Crippen LogP contribution is -2.48. The number of aromatic nitrogens is 2. The highest BCUT2D eigenvalue weighted by molar-refractivity contribution is 7.98. The lowest BCUT2D eigenvalue weighted by Gasteiger charge is -2.33. The van der Waals surface area contributed by atoms with Gasteiger partial charge in [0.05, 0.1) is 11.3 Å². The molecule has 0 aromatic carbocycles. The molecule has 114 valence electrons. The molecule has 0 aliphatic carbocycles. The first-order chi connectivity index (χ1) is 9.95. The third kappa shape index (κ3) is 3.18. The van der Waals surface area contributed by atoms with E-state index in [2.05, 4.69) is 9.97 Å². The maximum Gasteiger partial charge on any atom is 0.326 e. The van der Waals surface area contributed by atoms with E-state index in [0.29, 0.717) is 35.1 Å². The average Bonchev–Trinajstić information content (AvgIpc) is 2.45. The highest BCUT2D eigenvalue weighted by Crippen LogP contribution is 2.26. The second-order valence-corrected chi connectivity index (χ2v) is 5.88.